The molecule has 0 unspecified atom stereocenters. The summed E-state index contributed by atoms with van der Waals surface area (Å²) in [6.07, 6.45) is 3.26. The number of hydrogen-bond acceptors (Lipinski definition) is 7. The minimum Gasteiger partial charge on any atom is -0.488 e. The quantitative estimate of drug-likeness (QED) is 0.353. The zero-order valence-corrected chi connectivity index (χ0v) is 24.7. The zero-order chi connectivity index (χ0) is 29.3. The van der Waals surface area contributed by atoms with Crippen molar-refractivity contribution in [3.05, 3.63) is 58.5 Å². The number of hydrogen-bond donors (Lipinski definition) is 3. The summed E-state index contributed by atoms with van der Waals surface area (Å²) in [7, 11) is 0. The molecule has 218 valence electrons. The largest absolute Gasteiger partial charge is 0.488 e. The zero-order valence-electron chi connectivity index (χ0n) is 24.0. The Morgan fingerprint density at radius 1 is 1.29 bits per heavy atom. The number of aromatic nitrogens is 2. The summed E-state index contributed by atoms with van der Waals surface area (Å²) in [6.45, 7) is 10.8. The average Bonchev–Trinajstić information content (AvgIpc) is 3.27. The number of morpholine rings is 1. The van der Waals surface area contributed by atoms with Crippen molar-refractivity contribution < 1.29 is 23.8 Å². The average molecular weight is 582 g/mol. The van der Waals surface area contributed by atoms with Crippen LogP contribution in [0.1, 0.15) is 49.3 Å². The monoisotopic (exact) mass is 581 g/mol. The Morgan fingerprint density at radius 3 is 2.88 bits per heavy atom. The van der Waals surface area contributed by atoms with Crippen molar-refractivity contribution in [2.75, 3.05) is 31.6 Å². The van der Waals surface area contributed by atoms with Crippen LogP contribution in [0.25, 0.3) is 11.3 Å². The van der Waals surface area contributed by atoms with E-state index in [1.165, 1.54) is 0 Å². The smallest absolute Gasteiger partial charge is 0.410 e. The number of ether oxygens (including phenoxy) is 3. The first kappa shape index (κ1) is 28.8. The van der Waals surface area contributed by atoms with Crippen LogP contribution in [0.15, 0.2) is 36.7 Å². The summed E-state index contributed by atoms with van der Waals surface area (Å²) in [5.41, 5.74) is 4.55. The standard InChI is InChI=1S/C30H36ClN5O5/c1-17-13-23-25(28(37)33-17)27(34-22-8-6-7-21(31)18(22)2)26(35-23)20-9-10-32-14-24(20)40-16-19-15-36(11-12-39-19)29(38)41-30(3,4)5/h6-10,14,17,19,34-35H,11-13,15-16H2,1-5H3,(H,33,37)/t17-,19+/m1/s1. The fourth-order valence-electron chi connectivity index (χ4n) is 5.01. The highest BCUT2D eigenvalue weighted by Crippen LogP contribution is 2.41. The van der Waals surface area contributed by atoms with Crippen LogP contribution in [0, 0.1) is 6.92 Å². The molecule has 3 aromatic rings. The molecule has 10 nitrogen and oxygen atoms in total. The van der Waals surface area contributed by atoms with Gasteiger partial charge in [-0.1, -0.05) is 17.7 Å². The maximum absolute atomic E-state index is 13.2. The van der Waals surface area contributed by atoms with Crippen LogP contribution in [-0.2, 0) is 15.9 Å². The summed E-state index contributed by atoms with van der Waals surface area (Å²) in [5.74, 6) is 0.362. The normalized spacial score (nSPS) is 18.9. The number of carbonyl (C=O) groups excluding carboxylic acids is 2. The van der Waals surface area contributed by atoms with Crippen molar-refractivity contribution >= 4 is 35.0 Å². The molecule has 2 atom stereocenters. The van der Waals surface area contributed by atoms with Gasteiger partial charge in [0.1, 0.15) is 24.1 Å². The molecule has 0 aliphatic carbocycles. The molecule has 0 bridgehead atoms. The second kappa shape index (κ2) is 11.6. The summed E-state index contributed by atoms with van der Waals surface area (Å²) in [6, 6.07) is 7.46. The van der Waals surface area contributed by atoms with E-state index in [1.54, 1.807) is 17.3 Å². The van der Waals surface area contributed by atoms with Gasteiger partial charge in [0.15, 0.2) is 0 Å². The summed E-state index contributed by atoms with van der Waals surface area (Å²) >= 11 is 6.40. The van der Waals surface area contributed by atoms with Gasteiger partial charge in [-0.25, -0.2) is 4.79 Å². The van der Waals surface area contributed by atoms with E-state index in [0.29, 0.717) is 53.8 Å². The lowest BCUT2D eigenvalue weighted by molar-refractivity contribution is -0.0556. The second-order valence-electron chi connectivity index (χ2n) is 11.4. The molecule has 1 aromatic carbocycles. The van der Waals surface area contributed by atoms with E-state index in [4.69, 9.17) is 25.8 Å². The van der Waals surface area contributed by atoms with Gasteiger partial charge in [0.2, 0.25) is 0 Å². The first-order valence-corrected chi connectivity index (χ1v) is 14.1. The molecular weight excluding hydrogens is 546 g/mol. The molecule has 4 heterocycles. The third-order valence-electron chi connectivity index (χ3n) is 6.99. The van der Waals surface area contributed by atoms with Crippen molar-refractivity contribution in [3.63, 3.8) is 0 Å². The molecule has 0 radical (unpaired) electrons. The topological polar surface area (TPSA) is 118 Å². The number of nitrogens with zero attached hydrogens (tertiary/aromatic N) is 2. The van der Waals surface area contributed by atoms with Crippen molar-refractivity contribution in [2.45, 2.75) is 58.8 Å². The van der Waals surface area contributed by atoms with Crippen LogP contribution in [0.3, 0.4) is 0 Å². The van der Waals surface area contributed by atoms with Gasteiger partial charge in [-0.3, -0.25) is 9.78 Å². The van der Waals surface area contributed by atoms with E-state index in [0.717, 1.165) is 22.5 Å². The van der Waals surface area contributed by atoms with E-state index < -0.39 is 5.60 Å². The highest BCUT2D eigenvalue weighted by atomic mass is 35.5. The maximum Gasteiger partial charge on any atom is 0.410 e. The van der Waals surface area contributed by atoms with E-state index in [1.807, 2.05) is 58.9 Å². The van der Waals surface area contributed by atoms with Gasteiger partial charge in [0.05, 0.1) is 36.3 Å². The molecule has 5 rings (SSSR count). The predicted octanol–water partition coefficient (Wildman–Crippen LogP) is 5.47. The third kappa shape index (κ3) is 6.44. The summed E-state index contributed by atoms with van der Waals surface area (Å²) in [4.78, 5) is 35.2. The van der Waals surface area contributed by atoms with Gasteiger partial charge in [-0.05, 0) is 58.4 Å². The van der Waals surface area contributed by atoms with Gasteiger partial charge in [-0.2, -0.15) is 0 Å². The lowest BCUT2D eigenvalue weighted by Gasteiger charge is -2.34. The SMILES string of the molecule is Cc1c(Cl)cccc1Nc1c(-c2ccncc2OC[C@@H]2CN(C(=O)OC(C)(C)C)CCO2)[nH]c2c1C(=O)N[C@H](C)C2. The fourth-order valence-corrected chi connectivity index (χ4v) is 5.18. The molecule has 0 spiro atoms. The number of amides is 2. The van der Waals surface area contributed by atoms with Gasteiger partial charge in [-0.15, -0.1) is 0 Å². The molecule has 1 fully saturated rings. The number of H-pyrrole nitrogens is 1. The maximum atomic E-state index is 13.2. The number of benzene rings is 1. The molecule has 41 heavy (non-hydrogen) atoms. The van der Waals surface area contributed by atoms with Crippen LogP contribution in [0.4, 0.5) is 16.2 Å². The Morgan fingerprint density at radius 2 is 2.10 bits per heavy atom. The van der Waals surface area contributed by atoms with E-state index in [-0.39, 0.29) is 30.8 Å². The molecule has 0 saturated carbocycles. The Labute approximate surface area is 244 Å². The Bertz CT molecular complexity index is 1450. The van der Waals surface area contributed by atoms with E-state index in [9.17, 15) is 9.59 Å². The number of rotatable bonds is 6. The minimum absolute atomic E-state index is 0.00761. The predicted molar refractivity (Wildman–Crippen MR) is 157 cm³/mol. The highest BCUT2D eigenvalue weighted by Gasteiger charge is 2.32. The molecule has 2 amide bonds. The number of aromatic amines is 1. The Kier molecular flexibility index (Phi) is 8.15. The van der Waals surface area contributed by atoms with Crippen LogP contribution in [-0.4, -0.2) is 70.9 Å². The van der Waals surface area contributed by atoms with Crippen LogP contribution >= 0.6 is 11.6 Å². The molecule has 2 aliphatic heterocycles. The van der Waals surface area contributed by atoms with Crippen molar-refractivity contribution in [3.8, 4) is 17.0 Å². The van der Waals surface area contributed by atoms with E-state index in [2.05, 4.69) is 20.6 Å². The van der Waals surface area contributed by atoms with E-state index >= 15 is 0 Å². The minimum atomic E-state index is -0.578. The Balaban J connectivity index is 1.43. The first-order chi connectivity index (χ1) is 19.5. The van der Waals surface area contributed by atoms with Gasteiger partial charge in [0, 0.05) is 47.2 Å². The summed E-state index contributed by atoms with van der Waals surface area (Å²) in [5, 5.41) is 7.13. The second-order valence-corrected chi connectivity index (χ2v) is 11.9. The van der Waals surface area contributed by atoms with Crippen molar-refractivity contribution in [1.82, 2.24) is 20.2 Å². The highest BCUT2D eigenvalue weighted by molar-refractivity contribution is 6.31. The number of anilines is 2. The molecule has 2 aliphatic rings. The number of pyridine rings is 1. The summed E-state index contributed by atoms with van der Waals surface area (Å²) < 4.78 is 17.7. The number of fused-ring (bicyclic) bond motifs is 1. The van der Waals surface area contributed by atoms with Crippen LogP contribution in [0.5, 0.6) is 5.75 Å². The number of nitrogens with one attached hydrogen (secondary N) is 3. The van der Waals surface area contributed by atoms with Gasteiger partial charge < -0.3 is 34.7 Å². The molecule has 1 saturated heterocycles. The van der Waals surface area contributed by atoms with Crippen LogP contribution < -0.4 is 15.4 Å². The molecule has 3 N–H and O–H groups in total. The molecular formula is C30H36ClN5O5. The van der Waals surface area contributed by atoms with Gasteiger partial charge >= 0.3 is 6.09 Å². The van der Waals surface area contributed by atoms with Crippen molar-refractivity contribution in [1.29, 1.82) is 0 Å². The van der Waals surface area contributed by atoms with Crippen molar-refractivity contribution in [2.24, 2.45) is 0 Å². The lowest BCUT2D eigenvalue weighted by Crippen LogP contribution is -2.49. The lowest BCUT2D eigenvalue weighted by atomic mass is 10.0. The third-order valence-corrected chi connectivity index (χ3v) is 7.40. The number of carbonyl (C=O) groups is 2. The molecule has 2 aromatic heterocycles. The van der Waals surface area contributed by atoms with Gasteiger partial charge in [0.25, 0.3) is 5.91 Å². The fraction of sp³-hybridized carbons (Fsp3) is 0.433. The number of halogens is 1. The molecule has 11 heteroatoms. The van der Waals surface area contributed by atoms with Crippen LogP contribution in [0.2, 0.25) is 5.02 Å². The Hall–Kier alpha value is -3.76. The first-order valence-electron chi connectivity index (χ1n) is 13.7.